The van der Waals surface area contributed by atoms with Crippen molar-refractivity contribution in [1.29, 1.82) is 0 Å². The van der Waals surface area contributed by atoms with Crippen LogP contribution in [0.5, 0.6) is 5.75 Å². The number of likely N-dealkylation sites (N-methyl/N-ethyl adjacent to an activating group) is 1. The summed E-state index contributed by atoms with van der Waals surface area (Å²) in [6.07, 6.45) is 9.15. The second-order valence-electron chi connectivity index (χ2n) is 11.1. The molecular formula is C32H48N4O6. The molecule has 1 aliphatic carbocycles. The third-order valence-electron chi connectivity index (χ3n) is 7.73. The molecule has 0 fully saturated rings. The van der Waals surface area contributed by atoms with E-state index in [9.17, 15) is 19.8 Å². The van der Waals surface area contributed by atoms with Crippen LogP contribution in [0.2, 0.25) is 0 Å². The predicted octanol–water partition coefficient (Wildman–Crippen LogP) is 1.99. The minimum absolute atomic E-state index is 0.0787. The zero-order valence-electron chi connectivity index (χ0n) is 25.3. The van der Waals surface area contributed by atoms with Gasteiger partial charge >= 0.3 is 0 Å². The minimum atomic E-state index is -1.01. The van der Waals surface area contributed by atoms with Gasteiger partial charge in [0.05, 0.1) is 25.5 Å². The number of nitrogens with zero attached hydrogens (tertiary/aromatic N) is 1. The van der Waals surface area contributed by atoms with E-state index in [1.165, 1.54) is 0 Å². The quantitative estimate of drug-likeness (QED) is 0.355. The maximum absolute atomic E-state index is 13.5. The highest BCUT2D eigenvalue weighted by atomic mass is 16.5. The number of para-hydroxylation sites is 1. The number of hydrogen-bond acceptors (Lipinski definition) is 8. The van der Waals surface area contributed by atoms with Gasteiger partial charge in [-0.05, 0) is 37.9 Å². The van der Waals surface area contributed by atoms with E-state index in [1.807, 2.05) is 42.5 Å². The van der Waals surface area contributed by atoms with Gasteiger partial charge in [0.2, 0.25) is 11.8 Å². The van der Waals surface area contributed by atoms with E-state index in [-0.39, 0.29) is 31.6 Å². The monoisotopic (exact) mass is 584 g/mol. The van der Waals surface area contributed by atoms with Crippen LogP contribution >= 0.6 is 0 Å². The minimum Gasteiger partial charge on any atom is -0.492 e. The smallest absolute Gasteiger partial charge is 0.243 e. The number of fused-ring (bicyclic) bond motifs is 1. The lowest BCUT2D eigenvalue weighted by Gasteiger charge is -2.32. The number of aliphatic hydroxyl groups is 2. The summed E-state index contributed by atoms with van der Waals surface area (Å²) >= 11 is 0. The average Bonchev–Trinajstić information content (AvgIpc) is 2.96. The third kappa shape index (κ3) is 10.4. The van der Waals surface area contributed by atoms with Gasteiger partial charge in [-0.1, -0.05) is 68.8 Å². The molecule has 0 aromatic heterocycles. The molecule has 6 atom stereocenters. The fourth-order valence-electron chi connectivity index (χ4n) is 5.03. The average molecular weight is 585 g/mol. The van der Waals surface area contributed by atoms with Crippen LogP contribution in [0.3, 0.4) is 0 Å². The normalized spacial score (nSPS) is 27.8. The maximum Gasteiger partial charge on any atom is 0.243 e. The van der Waals surface area contributed by atoms with Crippen LogP contribution in [0.25, 0.3) is 6.08 Å². The number of carbonyl (C=O) groups excluding carboxylic acids is 2. The SMILES string of the molecule is CCC(C)[C@H]1COCN(C)[C@@H](C(C)O)C(=O)N[C@H](CC2=CCC(O)C=C2)C(=O)NC/C=C/c2ccccc2OCCN1. The van der Waals surface area contributed by atoms with Gasteiger partial charge in [0.15, 0.2) is 0 Å². The van der Waals surface area contributed by atoms with E-state index in [4.69, 9.17) is 9.47 Å². The summed E-state index contributed by atoms with van der Waals surface area (Å²) in [5.74, 6) is 0.284. The van der Waals surface area contributed by atoms with E-state index >= 15 is 0 Å². The highest BCUT2D eigenvalue weighted by Gasteiger charge is 2.32. The van der Waals surface area contributed by atoms with Crippen LogP contribution in [-0.4, -0.2) is 97.3 Å². The molecule has 42 heavy (non-hydrogen) atoms. The number of aliphatic hydroxyl groups excluding tert-OH is 2. The number of hydrogen-bond donors (Lipinski definition) is 5. The summed E-state index contributed by atoms with van der Waals surface area (Å²) in [7, 11) is 1.72. The molecule has 1 aliphatic heterocycles. The topological polar surface area (TPSA) is 132 Å². The number of ether oxygens (including phenoxy) is 2. The van der Waals surface area contributed by atoms with Crippen LogP contribution < -0.4 is 20.7 Å². The molecule has 0 bridgehead atoms. The lowest BCUT2D eigenvalue weighted by molar-refractivity contribution is -0.136. The summed E-state index contributed by atoms with van der Waals surface area (Å²) in [6.45, 7) is 7.75. The van der Waals surface area contributed by atoms with E-state index in [1.54, 1.807) is 31.0 Å². The summed E-state index contributed by atoms with van der Waals surface area (Å²) in [5, 5.41) is 29.6. The van der Waals surface area contributed by atoms with Gasteiger partial charge in [0.25, 0.3) is 0 Å². The highest BCUT2D eigenvalue weighted by Crippen LogP contribution is 2.20. The van der Waals surface area contributed by atoms with Crippen molar-refractivity contribution in [1.82, 2.24) is 20.9 Å². The molecule has 1 aromatic carbocycles. The largest absolute Gasteiger partial charge is 0.492 e. The molecular weight excluding hydrogens is 536 g/mol. The molecule has 0 radical (unpaired) electrons. The van der Waals surface area contributed by atoms with Crippen molar-refractivity contribution in [2.45, 2.75) is 70.4 Å². The first-order valence-corrected chi connectivity index (χ1v) is 14.9. The molecule has 232 valence electrons. The molecule has 3 unspecified atom stereocenters. The summed E-state index contributed by atoms with van der Waals surface area (Å²) < 4.78 is 12.1. The molecule has 1 aromatic rings. The van der Waals surface area contributed by atoms with Crippen LogP contribution in [0, 0.1) is 5.92 Å². The van der Waals surface area contributed by atoms with Gasteiger partial charge in [-0.3, -0.25) is 14.5 Å². The highest BCUT2D eigenvalue weighted by molar-refractivity contribution is 5.90. The zero-order valence-corrected chi connectivity index (χ0v) is 25.3. The molecule has 3 rings (SSSR count). The van der Waals surface area contributed by atoms with Crippen LogP contribution in [0.4, 0.5) is 0 Å². The van der Waals surface area contributed by atoms with E-state index in [2.05, 4.69) is 29.8 Å². The molecule has 0 saturated heterocycles. The van der Waals surface area contributed by atoms with E-state index < -0.39 is 30.2 Å². The van der Waals surface area contributed by atoms with E-state index in [0.717, 1.165) is 23.3 Å². The second-order valence-corrected chi connectivity index (χ2v) is 11.1. The van der Waals surface area contributed by atoms with Crippen LogP contribution in [-0.2, 0) is 14.3 Å². The standard InChI is InChI=1S/C32H48N4O6/c1-5-22(2)28-20-41-21-36(4)30(23(3)37)32(40)35-27(19-24-12-14-26(38)15-13-24)31(39)34-16-8-10-25-9-6-7-11-29(25)42-18-17-33-28/h6-14,22-23,26-28,30,33,37-38H,5,15-21H2,1-4H3,(H,34,39)(H,35,40)/b10-8+/t22?,23?,26?,27-,28-,30+/m1/s1. The van der Waals surface area contributed by atoms with E-state index in [0.29, 0.717) is 32.1 Å². The van der Waals surface area contributed by atoms with Gasteiger partial charge in [-0.25, -0.2) is 0 Å². The van der Waals surface area contributed by atoms with Gasteiger partial charge in [-0.15, -0.1) is 0 Å². The number of carbonyl (C=O) groups is 2. The molecule has 10 heteroatoms. The summed E-state index contributed by atoms with van der Waals surface area (Å²) in [6, 6.07) is 6.00. The fraction of sp³-hybridized carbons (Fsp3) is 0.562. The zero-order chi connectivity index (χ0) is 30.5. The Labute approximate surface area is 249 Å². The number of allylic oxidation sites excluding steroid dienone is 1. The van der Waals surface area contributed by atoms with Crippen molar-refractivity contribution in [3.63, 3.8) is 0 Å². The number of benzene rings is 1. The molecule has 2 amide bonds. The Balaban J connectivity index is 1.84. The van der Waals surface area contributed by atoms with Crippen molar-refractivity contribution < 1.29 is 29.3 Å². The lowest BCUT2D eigenvalue weighted by atomic mass is 9.98. The first-order valence-electron chi connectivity index (χ1n) is 14.9. The Morgan fingerprint density at radius 1 is 1.14 bits per heavy atom. The number of rotatable bonds is 5. The third-order valence-corrected chi connectivity index (χ3v) is 7.73. The Kier molecular flexibility index (Phi) is 13.7. The van der Waals surface area contributed by atoms with Crippen LogP contribution in [0.1, 0.15) is 45.6 Å². The first kappa shape index (κ1) is 33.5. The van der Waals surface area contributed by atoms with Gasteiger partial charge in [-0.2, -0.15) is 0 Å². The predicted molar refractivity (Wildman–Crippen MR) is 164 cm³/mol. The Morgan fingerprint density at radius 2 is 1.93 bits per heavy atom. The van der Waals surface area contributed by atoms with Crippen molar-refractivity contribution >= 4 is 17.9 Å². The molecule has 5 N–H and O–H groups in total. The molecule has 0 spiro atoms. The molecule has 1 heterocycles. The van der Waals surface area contributed by atoms with Crippen molar-refractivity contribution in [3.8, 4) is 5.75 Å². The first-order chi connectivity index (χ1) is 20.2. The van der Waals surface area contributed by atoms with Crippen molar-refractivity contribution in [2.75, 3.05) is 40.1 Å². The Bertz CT molecular complexity index is 1100. The number of nitrogens with one attached hydrogen (secondary N) is 3. The fourth-order valence-corrected chi connectivity index (χ4v) is 5.03. The van der Waals surface area contributed by atoms with Crippen molar-refractivity contribution in [3.05, 3.63) is 59.7 Å². The van der Waals surface area contributed by atoms with Gasteiger partial charge in [0.1, 0.15) is 24.4 Å². The Hall–Kier alpha value is -3.02. The van der Waals surface area contributed by atoms with Crippen molar-refractivity contribution in [2.24, 2.45) is 5.92 Å². The second kappa shape index (κ2) is 17.2. The molecule has 2 aliphatic rings. The maximum atomic E-state index is 13.5. The summed E-state index contributed by atoms with van der Waals surface area (Å²) in [5.41, 5.74) is 1.73. The molecule has 10 nitrogen and oxygen atoms in total. The Morgan fingerprint density at radius 3 is 2.64 bits per heavy atom. The van der Waals surface area contributed by atoms with Gasteiger partial charge < -0.3 is 35.6 Å². The molecule has 0 saturated carbocycles. The lowest BCUT2D eigenvalue weighted by Crippen LogP contribution is -2.56. The van der Waals surface area contributed by atoms with Crippen LogP contribution in [0.15, 0.2) is 54.1 Å². The number of amides is 2. The summed E-state index contributed by atoms with van der Waals surface area (Å²) in [4.78, 5) is 28.4. The van der Waals surface area contributed by atoms with Gasteiger partial charge in [0, 0.05) is 31.1 Å².